The molecule has 0 atom stereocenters. The van der Waals surface area contributed by atoms with Gasteiger partial charge in [-0.15, -0.1) is 0 Å². The van der Waals surface area contributed by atoms with Crippen LogP contribution in [0.25, 0.3) is 0 Å². The zero-order valence-electron chi connectivity index (χ0n) is 33.2. The highest BCUT2D eigenvalue weighted by atomic mass is 16.5. The maximum atomic E-state index is 13.2. The van der Waals surface area contributed by atoms with E-state index in [1.807, 2.05) is 0 Å². The van der Waals surface area contributed by atoms with Crippen molar-refractivity contribution in [3.8, 4) is 0 Å². The van der Waals surface area contributed by atoms with Gasteiger partial charge in [0.15, 0.2) is 17.5 Å². The van der Waals surface area contributed by atoms with Crippen LogP contribution in [0.15, 0.2) is 49.3 Å². The van der Waals surface area contributed by atoms with E-state index in [1.54, 1.807) is 74.5 Å². The Morgan fingerprint density at radius 3 is 1.86 bits per heavy atom. The van der Waals surface area contributed by atoms with Gasteiger partial charge in [-0.3, -0.25) is 28.8 Å². The third-order valence-corrected chi connectivity index (χ3v) is 9.43. The molecule has 1 fully saturated rings. The lowest BCUT2D eigenvalue weighted by molar-refractivity contribution is -0.123. The molecule has 6 amide bonds. The molecule has 0 spiro atoms. The van der Waals surface area contributed by atoms with Crippen molar-refractivity contribution in [1.82, 2.24) is 48.4 Å². The maximum Gasteiger partial charge on any atom is 0.374 e. The first kappa shape index (κ1) is 41.1. The van der Waals surface area contributed by atoms with Gasteiger partial charge in [-0.2, -0.15) is 0 Å². The summed E-state index contributed by atoms with van der Waals surface area (Å²) in [6, 6.07) is 2.76. The lowest BCUT2D eigenvalue weighted by atomic mass is 9.79. The summed E-state index contributed by atoms with van der Waals surface area (Å²) >= 11 is 0. The Labute approximate surface area is 336 Å². The van der Waals surface area contributed by atoms with Crippen LogP contribution in [-0.4, -0.2) is 98.4 Å². The summed E-state index contributed by atoms with van der Waals surface area (Å²) < 4.78 is 12.5. The molecule has 0 unspecified atom stereocenters. The minimum Gasteiger partial charge on any atom is -0.460 e. The summed E-state index contributed by atoms with van der Waals surface area (Å²) in [6.07, 6.45) is 9.99. The molecule has 0 aliphatic heterocycles. The van der Waals surface area contributed by atoms with Crippen molar-refractivity contribution in [2.45, 2.75) is 32.2 Å². The molecule has 5 aromatic heterocycles. The topological polar surface area (TPSA) is 264 Å². The Bertz CT molecular complexity index is 2440. The first-order chi connectivity index (χ1) is 28.1. The van der Waals surface area contributed by atoms with E-state index in [2.05, 4.69) is 46.9 Å². The summed E-state index contributed by atoms with van der Waals surface area (Å²) in [5.74, 6) is -2.96. The molecule has 310 valence electrons. The zero-order chi connectivity index (χ0) is 42.5. The van der Waals surface area contributed by atoms with Crippen LogP contribution in [0.5, 0.6) is 0 Å². The summed E-state index contributed by atoms with van der Waals surface area (Å²) in [4.78, 5) is 101. The van der Waals surface area contributed by atoms with Gasteiger partial charge in [0, 0.05) is 97.3 Å². The highest BCUT2D eigenvalue weighted by Gasteiger charge is 2.36. The number of hydrogen-bond acceptors (Lipinski definition) is 11. The molecule has 6 N–H and O–H groups in total. The third-order valence-electron chi connectivity index (χ3n) is 9.43. The summed E-state index contributed by atoms with van der Waals surface area (Å²) in [6.45, 7) is 1.88. The fourth-order valence-electron chi connectivity index (χ4n) is 6.35. The van der Waals surface area contributed by atoms with E-state index < -0.39 is 35.5 Å². The molecule has 22 heteroatoms. The standard InChI is InChI=1S/C37H44N14O8/c1-7-59-37(58)31-45-27(19-51(31)6)46-32(53)20-12-21(13-20)40-34(55)25-15-23(17-49(25)4)42-36(57)30-44-26(18-50(30)5)43-28(52)8-9-39-33(54)24-14-22(16-48(24)3)41-35(56)29-38-10-11-47(29)2/h10-11,14-21H,7-9,12-13H2,1-6H3,(H,39,54)(H,40,55)(H,41,56)(H,42,57)(H,43,52)(H,46,53). The number of aryl methyl sites for hydroxylation is 5. The van der Waals surface area contributed by atoms with Crippen molar-refractivity contribution in [3.63, 3.8) is 0 Å². The van der Waals surface area contributed by atoms with Crippen LogP contribution >= 0.6 is 0 Å². The quantitative estimate of drug-likeness (QED) is 0.0817. The van der Waals surface area contributed by atoms with Crippen molar-refractivity contribution in [3.05, 3.63) is 78.2 Å². The van der Waals surface area contributed by atoms with Crippen molar-refractivity contribution in [2.75, 3.05) is 34.4 Å². The van der Waals surface area contributed by atoms with E-state index in [-0.39, 0.29) is 77.9 Å². The van der Waals surface area contributed by atoms with Crippen LogP contribution in [0.2, 0.25) is 0 Å². The predicted molar refractivity (Wildman–Crippen MR) is 211 cm³/mol. The molecule has 0 bridgehead atoms. The molecular formula is C37H44N14O8. The molecule has 1 saturated carbocycles. The third kappa shape index (κ3) is 9.55. The smallest absolute Gasteiger partial charge is 0.374 e. The van der Waals surface area contributed by atoms with E-state index in [9.17, 15) is 33.6 Å². The monoisotopic (exact) mass is 812 g/mol. The number of nitrogens with one attached hydrogen (secondary N) is 6. The van der Waals surface area contributed by atoms with Gasteiger partial charge in [0.1, 0.15) is 11.4 Å². The Morgan fingerprint density at radius 2 is 1.25 bits per heavy atom. The summed E-state index contributed by atoms with van der Waals surface area (Å²) in [7, 11) is 8.19. The Hall–Kier alpha value is -7.52. The minimum atomic E-state index is -0.595. The highest BCUT2D eigenvalue weighted by Crippen LogP contribution is 2.29. The first-order valence-electron chi connectivity index (χ1n) is 18.5. The van der Waals surface area contributed by atoms with Gasteiger partial charge in [0.2, 0.25) is 23.5 Å². The highest BCUT2D eigenvalue weighted by molar-refractivity contribution is 6.04. The van der Waals surface area contributed by atoms with Crippen LogP contribution in [0, 0.1) is 5.92 Å². The lowest BCUT2D eigenvalue weighted by Gasteiger charge is -2.34. The van der Waals surface area contributed by atoms with Crippen LogP contribution in [-0.2, 0) is 49.6 Å². The first-order valence-corrected chi connectivity index (χ1v) is 18.5. The van der Waals surface area contributed by atoms with Crippen LogP contribution < -0.4 is 31.9 Å². The van der Waals surface area contributed by atoms with Crippen molar-refractivity contribution < 1.29 is 38.3 Å². The van der Waals surface area contributed by atoms with Crippen LogP contribution in [0.1, 0.15) is 79.0 Å². The number of amides is 6. The molecule has 6 rings (SSSR count). The van der Waals surface area contributed by atoms with Gasteiger partial charge >= 0.3 is 5.97 Å². The molecule has 5 heterocycles. The van der Waals surface area contributed by atoms with Crippen molar-refractivity contribution >= 4 is 64.4 Å². The second-order valence-corrected chi connectivity index (χ2v) is 13.9. The van der Waals surface area contributed by atoms with E-state index in [4.69, 9.17) is 4.74 Å². The number of anilines is 4. The Kier molecular flexibility index (Phi) is 12.1. The normalized spacial score (nSPS) is 14.5. The molecule has 0 radical (unpaired) electrons. The van der Waals surface area contributed by atoms with Gasteiger partial charge in [-0.1, -0.05) is 0 Å². The number of aromatic nitrogens is 8. The Morgan fingerprint density at radius 1 is 0.678 bits per heavy atom. The van der Waals surface area contributed by atoms with Gasteiger partial charge in [0.05, 0.1) is 18.0 Å². The van der Waals surface area contributed by atoms with Crippen LogP contribution in [0.3, 0.4) is 0 Å². The van der Waals surface area contributed by atoms with Crippen LogP contribution in [0.4, 0.5) is 23.0 Å². The average molecular weight is 813 g/mol. The number of nitrogens with zero attached hydrogens (tertiary/aromatic N) is 8. The van der Waals surface area contributed by atoms with E-state index in [1.165, 1.54) is 39.9 Å². The summed E-state index contributed by atoms with van der Waals surface area (Å²) in [5.41, 5.74) is 1.26. The lowest BCUT2D eigenvalue weighted by Crippen LogP contribution is -2.48. The largest absolute Gasteiger partial charge is 0.460 e. The Balaban J connectivity index is 0.931. The minimum absolute atomic E-state index is 0.00194. The van der Waals surface area contributed by atoms with E-state index in [0.29, 0.717) is 24.2 Å². The van der Waals surface area contributed by atoms with Gasteiger partial charge in [-0.05, 0) is 31.9 Å². The second-order valence-electron chi connectivity index (χ2n) is 13.9. The number of rotatable bonds is 15. The predicted octanol–water partition coefficient (Wildman–Crippen LogP) is 1.15. The summed E-state index contributed by atoms with van der Waals surface area (Å²) in [5, 5.41) is 16.3. The van der Waals surface area contributed by atoms with Gasteiger partial charge < -0.3 is 59.5 Å². The number of carbonyl (C=O) groups is 7. The number of ether oxygens (including phenoxy) is 1. The average Bonchev–Trinajstić information content (AvgIpc) is 3.98. The van der Waals surface area contributed by atoms with Crippen molar-refractivity contribution in [1.29, 1.82) is 0 Å². The molecule has 59 heavy (non-hydrogen) atoms. The fourth-order valence-corrected chi connectivity index (χ4v) is 6.35. The van der Waals surface area contributed by atoms with Crippen molar-refractivity contribution in [2.24, 2.45) is 41.2 Å². The fraction of sp³-hybridized carbons (Fsp3) is 0.351. The molecular weight excluding hydrogens is 768 g/mol. The SMILES string of the molecule is CCOC(=O)c1nc(NC(=O)C2CC(NC(=O)c3cc(NC(=O)c4nc(NC(=O)CCNC(=O)c5cc(NC(=O)c6nccn6C)cn5C)cn4C)cn3C)C2)cn1C. The molecule has 1 aliphatic carbocycles. The van der Waals surface area contributed by atoms with Gasteiger partial charge in [-0.25, -0.2) is 19.7 Å². The number of carbonyl (C=O) groups excluding carboxylic acids is 7. The molecule has 0 saturated heterocycles. The van der Waals surface area contributed by atoms with E-state index in [0.717, 1.165) is 0 Å². The number of imidazole rings is 3. The second kappa shape index (κ2) is 17.3. The van der Waals surface area contributed by atoms with Gasteiger partial charge in [0.25, 0.3) is 23.6 Å². The maximum absolute atomic E-state index is 13.2. The zero-order valence-corrected chi connectivity index (χ0v) is 33.2. The number of esters is 1. The molecule has 0 aromatic carbocycles. The number of hydrogen-bond donors (Lipinski definition) is 6. The molecule has 1 aliphatic rings. The van der Waals surface area contributed by atoms with E-state index >= 15 is 0 Å². The molecule has 22 nitrogen and oxygen atoms in total. The molecule has 5 aromatic rings.